The lowest BCUT2D eigenvalue weighted by Gasteiger charge is -2.23. The Hall–Kier alpha value is -2.23. The predicted molar refractivity (Wildman–Crippen MR) is 104 cm³/mol. The Morgan fingerprint density at radius 3 is 2.67 bits per heavy atom. The number of hydrogen-bond donors (Lipinski definition) is 1. The van der Waals surface area contributed by atoms with Crippen LogP contribution in [0.4, 0.5) is 5.69 Å². The Labute approximate surface area is 162 Å². The number of rotatable bonds is 5. The lowest BCUT2D eigenvalue weighted by molar-refractivity contribution is -0.119. The summed E-state index contributed by atoms with van der Waals surface area (Å²) in [6, 6.07) is 9.10. The Kier molecular flexibility index (Phi) is 5.64. The van der Waals surface area contributed by atoms with Crippen LogP contribution in [0.25, 0.3) is 0 Å². The maximum absolute atomic E-state index is 12.7. The van der Waals surface area contributed by atoms with Gasteiger partial charge in [-0.2, -0.15) is 0 Å². The van der Waals surface area contributed by atoms with E-state index >= 15 is 0 Å². The van der Waals surface area contributed by atoms with Crippen molar-refractivity contribution < 1.29 is 18.0 Å². The summed E-state index contributed by atoms with van der Waals surface area (Å²) in [7, 11) is -0.686. The highest BCUT2D eigenvalue weighted by molar-refractivity contribution is 7.89. The summed E-state index contributed by atoms with van der Waals surface area (Å²) in [4.78, 5) is 27.6. The zero-order valence-electron chi connectivity index (χ0n) is 15.1. The van der Waals surface area contributed by atoms with Gasteiger partial charge in [-0.05, 0) is 42.5 Å². The molecule has 9 heteroatoms. The molecule has 3 rings (SSSR count). The van der Waals surface area contributed by atoms with Crippen molar-refractivity contribution in [1.29, 1.82) is 0 Å². The number of likely N-dealkylation sites (tertiary alicyclic amines) is 1. The van der Waals surface area contributed by atoms with Gasteiger partial charge >= 0.3 is 0 Å². The fourth-order valence-corrected chi connectivity index (χ4v) is 4.62. The van der Waals surface area contributed by atoms with Gasteiger partial charge in [-0.25, -0.2) is 12.7 Å². The van der Waals surface area contributed by atoms with Crippen LogP contribution in [0.1, 0.15) is 22.5 Å². The minimum absolute atomic E-state index is 0.100. The predicted octanol–water partition coefficient (Wildman–Crippen LogP) is 2.24. The molecular formula is C18H21N3O4S2. The summed E-state index contributed by atoms with van der Waals surface area (Å²) in [6.07, 6.45) is 1.34. The average Bonchev–Trinajstić information content (AvgIpc) is 3.33. The van der Waals surface area contributed by atoms with Gasteiger partial charge < -0.3 is 10.2 Å². The summed E-state index contributed by atoms with van der Waals surface area (Å²) in [5.41, 5.74) is 0.387. The van der Waals surface area contributed by atoms with Gasteiger partial charge in [-0.3, -0.25) is 9.59 Å². The van der Waals surface area contributed by atoms with Crippen LogP contribution in [0.5, 0.6) is 0 Å². The molecule has 1 unspecified atom stereocenters. The topological polar surface area (TPSA) is 86.8 Å². The molecule has 1 aromatic heterocycles. The van der Waals surface area contributed by atoms with Crippen molar-refractivity contribution >= 4 is 38.9 Å². The molecule has 1 aromatic carbocycles. The van der Waals surface area contributed by atoms with Gasteiger partial charge in [0.05, 0.1) is 9.77 Å². The van der Waals surface area contributed by atoms with Crippen molar-refractivity contribution in [3.8, 4) is 0 Å². The van der Waals surface area contributed by atoms with Crippen molar-refractivity contribution in [1.82, 2.24) is 9.21 Å². The zero-order valence-corrected chi connectivity index (χ0v) is 16.7. The van der Waals surface area contributed by atoms with Crippen molar-refractivity contribution in [2.45, 2.75) is 23.8 Å². The number of anilines is 1. The number of carbonyl (C=O) groups is 2. The molecule has 0 aliphatic carbocycles. The van der Waals surface area contributed by atoms with E-state index in [1.807, 2.05) is 5.38 Å². The van der Waals surface area contributed by atoms with Crippen LogP contribution < -0.4 is 5.32 Å². The Balaban J connectivity index is 1.76. The highest BCUT2D eigenvalue weighted by atomic mass is 32.2. The second kappa shape index (κ2) is 7.79. The molecule has 144 valence electrons. The number of benzene rings is 1. The minimum atomic E-state index is -3.59. The van der Waals surface area contributed by atoms with E-state index in [2.05, 4.69) is 5.32 Å². The summed E-state index contributed by atoms with van der Waals surface area (Å²) in [6.45, 7) is 0.532. The Bertz CT molecular complexity index is 939. The maximum Gasteiger partial charge on any atom is 0.264 e. The van der Waals surface area contributed by atoms with Gasteiger partial charge in [0.15, 0.2) is 0 Å². The number of sulfonamides is 1. The van der Waals surface area contributed by atoms with E-state index in [9.17, 15) is 18.0 Å². The van der Waals surface area contributed by atoms with E-state index in [4.69, 9.17) is 0 Å². The van der Waals surface area contributed by atoms with Crippen molar-refractivity contribution in [2.75, 3.05) is 26.0 Å². The van der Waals surface area contributed by atoms with Crippen LogP contribution in [0.15, 0.2) is 46.7 Å². The summed E-state index contributed by atoms with van der Waals surface area (Å²) < 4.78 is 25.6. The first-order valence-corrected chi connectivity index (χ1v) is 10.8. The second-order valence-electron chi connectivity index (χ2n) is 6.44. The summed E-state index contributed by atoms with van der Waals surface area (Å²) in [5, 5.41) is 4.58. The normalized spacial score (nSPS) is 17.3. The quantitative estimate of drug-likeness (QED) is 0.824. The van der Waals surface area contributed by atoms with E-state index in [1.165, 1.54) is 37.6 Å². The number of amides is 2. The minimum Gasteiger partial charge on any atom is -0.326 e. The largest absolute Gasteiger partial charge is 0.326 e. The fourth-order valence-electron chi connectivity index (χ4n) is 2.99. The molecule has 0 radical (unpaired) electrons. The molecule has 1 aliphatic heterocycles. The lowest BCUT2D eigenvalue weighted by Crippen LogP contribution is -2.43. The Morgan fingerprint density at radius 2 is 2.00 bits per heavy atom. The molecule has 1 aliphatic rings. The summed E-state index contributed by atoms with van der Waals surface area (Å²) in [5.74, 6) is -0.455. The van der Waals surface area contributed by atoms with Crippen molar-refractivity contribution in [2.24, 2.45) is 0 Å². The maximum atomic E-state index is 12.7. The molecule has 1 atom stereocenters. The monoisotopic (exact) mass is 407 g/mol. The molecule has 7 nitrogen and oxygen atoms in total. The first-order chi connectivity index (χ1) is 12.8. The Morgan fingerprint density at radius 1 is 1.22 bits per heavy atom. The van der Waals surface area contributed by atoms with E-state index in [1.54, 1.807) is 29.2 Å². The number of nitrogens with one attached hydrogen (secondary N) is 1. The van der Waals surface area contributed by atoms with Gasteiger partial charge in [-0.15, -0.1) is 11.3 Å². The van der Waals surface area contributed by atoms with E-state index in [0.29, 0.717) is 23.5 Å². The van der Waals surface area contributed by atoms with Gasteiger partial charge in [0.1, 0.15) is 6.04 Å². The number of nitrogens with zero attached hydrogens (tertiary/aromatic N) is 2. The SMILES string of the molecule is CN(C)S(=O)(=O)c1cccc(NC(=O)C2CCCN2C(=O)c2cccs2)c1. The van der Waals surface area contributed by atoms with Crippen molar-refractivity contribution in [3.05, 3.63) is 46.7 Å². The van der Waals surface area contributed by atoms with Crippen LogP contribution in [-0.4, -0.2) is 56.1 Å². The first kappa shape index (κ1) is 19.5. The van der Waals surface area contributed by atoms with Crippen LogP contribution in [-0.2, 0) is 14.8 Å². The summed E-state index contributed by atoms with van der Waals surface area (Å²) >= 11 is 1.35. The number of carbonyl (C=O) groups excluding carboxylic acids is 2. The van der Waals surface area contributed by atoms with E-state index in [-0.39, 0.29) is 16.7 Å². The molecule has 2 amide bonds. The highest BCUT2D eigenvalue weighted by Crippen LogP contribution is 2.24. The molecule has 2 aromatic rings. The lowest BCUT2D eigenvalue weighted by atomic mass is 10.2. The first-order valence-electron chi connectivity index (χ1n) is 8.48. The smallest absolute Gasteiger partial charge is 0.264 e. The molecule has 27 heavy (non-hydrogen) atoms. The van der Waals surface area contributed by atoms with E-state index in [0.717, 1.165) is 10.7 Å². The zero-order chi connectivity index (χ0) is 19.6. The standard InChI is InChI=1S/C18H21N3O4S2/c1-20(2)27(24,25)14-7-3-6-13(12-14)19-17(22)15-8-4-10-21(15)18(23)16-9-5-11-26-16/h3,5-7,9,11-12,15H,4,8,10H2,1-2H3,(H,19,22). The van der Waals surface area contributed by atoms with Crippen molar-refractivity contribution in [3.63, 3.8) is 0 Å². The van der Waals surface area contributed by atoms with Gasteiger partial charge in [0.2, 0.25) is 15.9 Å². The second-order valence-corrected chi connectivity index (χ2v) is 9.54. The third-order valence-electron chi connectivity index (χ3n) is 4.43. The third-order valence-corrected chi connectivity index (χ3v) is 7.10. The van der Waals surface area contributed by atoms with E-state index < -0.39 is 16.1 Å². The highest BCUT2D eigenvalue weighted by Gasteiger charge is 2.35. The molecule has 1 fully saturated rings. The molecule has 0 bridgehead atoms. The van der Waals surface area contributed by atoms with Crippen LogP contribution in [0.3, 0.4) is 0 Å². The number of hydrogen-bond acceptors (Lipinski definition) is 5. The van der Waals surface area contributed by atoms with Crippen LogP contribution >= 0.6 is 11.3 Å². The average molecular weight is 408 g/mol. The number of thiophene rings is 1. The fraction of sp³-hybridized carbons (Fsp3) is 0.333. The third kappa shape index (κ3) is 4.05. The van der Waals surface area contributed by atoms with Crippen LogP contribution in [0, 0.1) is 0 Å². The molecule has 1 saturated heterocycles. The molecule has 0 saturated carbocycles. The molecule has 1 N–H and O–H groups in total. The van der Waals surface area contributed by atoms with Gasteiger partial charge in [0, 0.05) is 26.3 Å². The van der Waals surface area contributed by atoms with Gasteiger partial charge in [0.25, 0.3) is 5.91 Å². The molecular weight excluding hydrogens is 386 g/mol. The van der Waals surface area contributed by atoms with Gasteiger partial charge in [-0.1, -0.05) is 12.1 Å². The molecule has 2 heterocycles. The molecule has 0 spiro atoms. The van der Waals surface area contributed by atoms with Crippen LogP contribution in [0.2, 0.25) is 0 Å².